The van der Waals surface area contributed by atoms with Crippen LogP contribution in [0.5, 0.6) is 11.5 Å². The summed E-state index contributed by atoms with van der Waals surface area (Å²) in [5, 5.41) is 6.65. The monoisotopic (exact) mass is 305 g/mol. The minimum absolute atomic E-state index is 0.100. The van der Waals surface area contributed by atoms with Crippen molar-refractivity contribution in [3.8, 4) is 11.5 Å². The SMILES string of the molecule is COc1ccc(C=CNC(C)=O)cc1OC.c1ccsc1. The maximum atomic E-state index is 10.7. The third-order valence-electron chi connectivity index (χ3n) is 2.40. The Kier molecular flexibility index (Phi) is 7.68. The second kappa shape index (κ2) is 9.61. The van der Waals surface area contributed by atoms with Gasteiger partial charge in [0.1, 0.15) is 0 Å². The topological polar surface area (TPSA) is 47.6 Å². The fourth-order valence-electron chi connectivity index (χ4n) is 1.44. The van der Waals surface area contributed by atoms with E-state index in [0.717, 1.165) is 5.56 Å². The van der Waals surface area contributed by atoms with Crippen LogP contribution in [0, 0.1) is 0 Å². The van der Waals surface area contributed by atoms with E-state index in [0.29, 0.717) is 11.5 Å². The molecule has 0 aliphatic rings. The lowest BCUT2D eigenvalue weighted by Gasteiger charge is -2.07. The average molecular weight is 305 g/mol. The van der Waals surface area contributed by atoms with Gasteiger partial charge in [0.25, 0.3) is 0 Å². The van der Waals surface area contributed by atoms with Gasteiger partial charge in [-0.15, -0.1) is 0 Å². The van der Waals surface area contributed by atoms with E-state index >= 15 is 0 Å². The Morgan fingerprint density at radius 1 is 1.14 bits per heavy atom. The van der Waals surface area contributed by atoms with Crippen LogP contribution < -0.4 is 14.8 Å². The molecule has 2 rings (SSSR count). The van der Waals surface area contributed by atoms with Gasteiger partial charge in [-0.2, -0.15) is 11.3 Å². The van der Waals surface area contributed by atoms with Crippen LogP contribution >= 0.6 is 11.3 Å². The Bertz CT molecular complexity index is 548. The van der Waals surface area contributed by atoms with Gasteiger partial charge in [-0.3, -0.25) is 4.79 Å². The Morgan fingerprint density at radius 2 is 1.81 bits per heavy atom. The van der Waals surface area contributed by atoms with Crippen molar-refractivity contribution >= 4 is 23.3 Å². The second-order valence-electron chi connectivity index (χ2n) is 3.94. The Hall–Kier alpha value is -2.27. The first-order valence-electron chi connectivity index (χ1n) is 6.30. The molecular weight excluding hydrogens is 286 g/mol. The quantitative estimate of drug-likeness (QED) is 0.939. The molecule has 2 aromatic rings. The van der Waals surface area contributed by atoms with Gasteiger partial charge in [0.05, 0.1) is 14.2 Å². The highest BCUT2D eigenvalue weighted by Crippen LogP contribution is 2.27. The van der Waals surface area contributed by atoms with E-state index < -0.39 is 0 Å². The molecule has 0 fully saturated rings. The summed E-state index contributed by atoms with van der Waals surface area (Å²) in [5.41, 5.74) is 0.923. The molecule has 0 aliphatic heterocycles. The largest absolute Gasteiger partial charge is 0.493 e. The Morgan fingerprint density at radius 3 is 2.29 bits per heavy atom. The van der Waals surface area contributed by atoms with Gasteiger partial charge in [-0.1, -0.05) is 18.2 Å². The molecule has 4 nitrogen and oxygen atoms in total. The number of thiophene rings is 1. The summed E-state index contributed by atoms with van der Waals surface area (Å²) in [7, 11) is 3.17. The minimum atomic E-state index is -0.100. The Labute approximate surface area is 129 Å². The number of methoxy groups -OCH3 is 2. The number of amides is 1. The molecule has 112 valence electrons. The normalized spacial score (nSPS) is 9.67. The van der Waals surface area contributed by atoms with Crippen molar-refractivity contribution in [3.63, 3.8) is 0 Å². The van der Waals surface area contributed by atoms with Crippen LogP contribution in [-0.4, -0.2) is 20.1 Å². The first-order chi connectivity index (χ1) is 10.2. The van der Waals surface area contributed by atoms with E-state index in [9.17, 15) is 4.79 Å². The summed E-state index contributed by atoms with van der Waals surface area (Å²) in [5.74, 6) is 1.24. The highest BCUT2D eigenvalue weighted by Gasteiger charge is 2.02. The molecule has 0 aliphatic carbocycles. The van der Waals surface area contributed by atoms with Gasteiger partial charge in [0.2, 0.25) is 5.91 Å². The minimum Gasteiger partial charge on any atom is -0.493 e. The molecule has 5 heteroatoms. The first kappa shape index (κ1) is 16.8. The van der Waals surface area contributed by atoms with Crippen LogP contribution in [0.3, 0.4) is 0 Å². The van der Waals surface area contributed by atoms with Crippen LogP contribution in [0.2, 0.25) is 0 Å². The third-order valence-corrected chi connectivity index (χ3v) is 3.02. The van der Waals surface area contributed by atoms with E-state index in [-0.39, 0.29) is 5.91 Å². The zero-order valence-electron chi connectivity index (χ0n) is 12.3. The van der Waals surface area contributed by atoms with Crippen molar-refractivity contribution in [1.29, 1.82) is 0 Å². The van der Waals surface area contributed by atoms with Gasteiger partial charge in [-0.05, 0) is 34.5 Å². The van der Waals surface area contributed by atoms with Crippen LogP contribution in [-0.2, 0) is 4.79 Å². The van der Waals surface area contributed by atoms with E-state index in [1.807, 2.05) is 41.1 Å². The van der Waals surface area contributed by atoms with Crippen molar-refractivity contribution in [2.75, 3.05) is 14.2 Å². The highest BCUT2D eigenvalue weighted by molar-refractivity contribution is 7.07. The highest BCUT2D eigenvalue weighted by atomic mass is 32.1. The van der Waals surface area contributed by atoms with Crippen molar-refractivity contribution in [2.24, 2.45) is 0 Å². The smallest absolute Gasteiger partial charge is 0.220 e. The molecule has 0 spiro atoms. The summed E-state index contributed by atoms with van der Waals surface area (Å²) in [6, 6.07) is 9.55. The molecule has 1 aromatic heterocycles. The number of carbonyl (C=O) groups is 1. The molecule has 1 aromatic carbocycles. The van der Waals surface area contributed by atoms with E-state index in [1.54, 1.807) is 37.8 Å². The molecule has 0 saturated carbocycles. The van der Waals surface area contributed by atoms with Crippen molar-refractivity contribution in [3.05, 3.63) is 52.9 Å². The van der Waals surface area contributed by atoms with E-state index in [4.69, 9.17) is 9.47 Å². The molecule has 1 heterocycles. The zero-order chi connectivity index (χ0) is 15.5. The standard InChI is InChI=1S/C12H15NO3.C4H4S/c1-9(14)13-7-6-10-4-5-11(15-2)12(8-10)16-3;1-2-4-5-3-1/h4-8H,1-3H3,(H,13,14);1-4H. The molecule has 0 saturated heterocycles. The van der Waals surface area contributed by atoms with Crippen molar-refractivity contribution in [1.82, 2.24) is 5.32 Å². The summed E-state index contributed by atoms with van der Waals surface area (Å²) in [6.07, 6.45) is 3.37. The number of hydrogen-bond donors (Lipinski definition) is 1. The fraction of sp³-hybridized carbons (Fsp3) is 0.188. The molecule has 1 amide bonds. The maximum Gasteiger partial charge on any atom is 0.220 e. The molecular formula is C16H19NO3S. The average Bonchev–Trinajstić information content (AvgIpc) is 3.06. The number of rotatable bonds is 4. The van der Waals surface area contributed by atoms with Crippen LogP contribution in [0.25, 0.3) is 6.08 Å². The zero-order valence-corrected chi connectivity index (χ0v) is 13.1. The van der Waals surface area contributed by atoms with Gasteiger partial charge >= 0.3 is 0 Å². The van der Waals surface area contributed by atoms with E-state index in [1.165, 1.54) is 6.92 Å². The van der Waals surface area contributed by atoms with Gasteiger partial charge < -0.3 is 14.8 Å². The Balaban J connectivity index is 0.000000369. The molecule has 0 radical (unpaired) electrons. The molecule has 1 N–H and O–H groups in total. The number of ether oxygens (including phenoxy) is 2. The van der Waals surface area contributed by atoms with Crippen LogP contribution in [0.15, 0.2) is 47.3 Å². The lowest BCUT2D eigenvalue weighted by Crippen LogP contribution is -2.10. The number of nitrogens with one attached hydrogen (secondary N) is 1. The summed E-state index contributed by atoms with van der Waals surface area (Å²) in [4.78, 5) is 10.7. The number of hydrogen-bond acceptors (Lipinski definition) is 4. The van der Waals surface area contributed by atoms with Crippen molar-refractivity contribution in [2.45, 2.75) is 6.92 Å². The number of carbonyl (C=O) groups excluding carboxylic acids is 1. The van der Waals surface area contributed by atoms with Gasteiger partial charge in [0, 0.05) is 13.1 Å². The lowest BCUT2D eigenvalue weighted by molar-refractivity contribution is -0.118. The second-order valence-corrected chi connectivity index (χ2v) is 4.76. The van der Waals surface area contributed by atoms with Crippen molar-refractivity contribution < 1.29 is 14.3 Å². The molecule has 0 bridgehead atoms. The number of benzene rings is 1. The van der Waals surface area contributed by atoms with Crippen LogP contribution in [0.1, 0.15) is 12.5 Å². The predicted molar refractivity (Wildman–Crippen MR) is 86.7 cm³/mol. The molecule has 0 atom stereocenters. The first-order valence-corrected chi connectivity index (χ1v) is 7.24. The third kappa shape index (κ3) is 6.63. The fourth-order valence-corrected chi connectivity index (χ4v) is 1.89. The molecule has 21 heavy (non-hydrogen) atoms. The summed E-state index contributed by atoms with van der Waals surface area (Å²) >= 11 is 1.71. The lowest BCUT2D eigenvalue weighted by atomic mass is 10.2. The van der Waals surface area contributed by atoms with Gasteiger partial charge in [0.15, 0.2) is 11.5 Å². The van der Waals surface area contributed by atoms with Gasteiger partial charge in [-0.25, -0.2) is 0 Å². The predicted octanol–water partition coefficient (Wildman–Crippen LogP) is 3.56. The van der Waals surface area contributed by atoms with E-state index in [2.05, 4.69) is 5.32 Å². The summed E-state index contributed by atoms with van der Waals surface area (Å²) in [6.45, 7) is 1.46. The maximum absolute atomic E-state index is 10.7. The summed E-state index contributed by atoms with van der Waals surface area (Å²) < 4.78 is 10.3. The molecule has 0 unspecified atom stereocenters. The van der Waals surface area contributed by atoms with Crippen LogP contribution in [0.4, 0.5) is 0 Å².